The number of hydrogen-bond acceptors (Lipinski definition) is 4. The number of rotatable bonds is 8. The molecule has 0 spiro atoms. The summed E-state index contributed by atoms with van der Waals surface area (Å²) in [6, 6.07) is 9.96. The van der Waals surface area contributed by atoms with E-state index in [9.17, 15) is 13.2 Å². The summed E-state index contributed by atoms with van der Waals surface area (Å²) in [6.07, 6.45) is 0.780. The Balaban J connectivity index is 2.45. The lowest BCUT2D eigenvalue weighted by molar-refractivity contribution is 0.0940. The Morgan fingerprint density at radius 3 is 2.38 bits per heavy atom. The third kappa shape index (κ3) is 5.29. The van der Waals surface area contributed by atoms with Crippen molar-refractivity contribution in [2.75, 3.05) is 11.8 Å². The maximum absolute atomic E-state index is 13.2. The van der Waals surface area contributed by atoms with Crippen molar-refractivity contribution >= 4 is 21.6 Å². The number of amides is 1. The minimum Gasteiger partial charge on any atom is -0.496 e. The van der Waals surface area contributed by atoms with Crippen LogP contribution in [-0.4, -0.2) is 27.5 Å². The predicted octanol–water partition coefficient (Wildman–Crippen LogP) is 4.46. The van der Waals surface area contributed by atoms with Crippen LogP contribution < -0.4 is 14.8 Å². The highest BCUT2D eigenvalue weighted by Gasteiger charge is 2.23. The van der Waals surface area contributed by atoms with Crippen LogP contribution in [0.4, 0.5) is 5.69 Å². The number of ether oxygens (including phenoxy) is 1. The normalized spacial score (nSPS) is 12.5. The first-order valence-corrected chi connectivity index (χ1v) is 11.2. The molecule has 1 atom stereocenters. The molecule has 0 aliphatic heterocycles. The fourth-order valence-electron chi connectivity index (χ4n) is 2.97. The van der Waals surface area contributed by atoms with Crippen LogP contribution in [-0.2, 0) is 10.0 Å². The van der Waals surface area contributed by atoms with Crippen LogP contribution in [0, 0.1) is 6.92 Å². The van der Waals surface area contributed by atoms with E-state index < -0.39 is 10.0 Å². The second-order valence-corrected chi connectivity index (χ2v) is 9.10. The van der Waals surface area contributed by atoms with E-state index in [1.807, 2.05) is 27.7 Å². The number of aryl methyl sites for hydroxylation is 1. The van der Waals surface area contributed by atoms with Gasteiger partial charge in [0.1, 0.15) is 5.75 Å². The lowest BCUT2D eigenvalue weighted by Crippen LogP contribution is -2.32. The van der Waals surface area contributed by atoms with E-state index in [4.69, 9.17) is 4.74 Å². The van der Waals surface area contributed by atoms with Gasteiger partial charge in [0.25, 0.3) is 15.9 Å². The fraction of sp³-hybridized carbons (Fsp3) is 0.409. The number of carbonyl (C=O) groups excluding carboxylic acids is 1. The summed E-state index contributed by atoms with van der Waals surface area (Å²) in [6.45, 7) is 9.55. The number of anilines is 1. The Kier molecular flexibility index (Phi) is 7.30. The monoisotopic (exact) mass is 418 g/mol. The minimum atomic E-state index is -3.90. The average molecular weight is 419 g/mol. The molecule has 158 valence electrons. The topological polar surface area (TPSA) is 84.5 Å². The Morgan fingerprint density at radius 2 is 1.79 bits per heavy atom. The van der Waals surface area contributed by atoms with Crippen molar-refractivity contribution in [1.82, 2.24) is 5.32 Å². The van der Waals surface area contributed by atoms with Crippen LogP contribution in [0.2, 0.25) is 0 Å². The zero-order valence-corrected chi connectivity index (χ0v) is 18.7. The number of nitrogens with one attached hydrogen (secondary N) is 2. The van der Waals surface area contributed by atoms with E-state index in [0.717, 1.165) is 12.0 Å². The van der Waals surface area contributed by atoms with Gasteiger partial charge in [-0.25, -0.2) is 8.42 Å². The van der Waals surface area contributed by atoms with Crippen molar-refractivity contribution in [3.63, 3.8) is 0 Å². The summed E-state index contributed by atoms with van der Waals surface area (Å²) >= 11 is 0. The molecule has 0 saturated carbocycles. The van der Waals surface area contributed by atoms with Crippen LogP contribution in [0.3, 0.4) is 0 Å². The SMILES string of the molecule is CC[C@H](C)NC(=O)c1ccccc1NS(=O)(=O)c1cc(C(C)C)c(OC)cc1C. The lowest BCUT2D eigenvalue weighted by Gasteiger charge is -2.18. The Labute approximate surface area is 173 Å². The zero-order chi connectivity index (χ0) is 21.8. The van der Waals surface area contributed by atoms with Gasteiger partial charge < -0.3 is 10.1 Å². The Morgan fingerprint density at radius 1 is 1.14 bits per heavy atom. The lowest BCUT2D eigenvalue weighted by atomic mass is 10.0. The highest BCUT2D eigenvalue weighted by atomic mass is 32.2. The first kappa shape index (κ1) is 22.7. The average Bonchev–Trinajstić information content (AvgIpc) is 2.67. The van der Waals surface area contributed by atoms with E-state index in [-0.39, 0.29) is 34.0 Å². The van der Waals surface area contributed by atoms with Crippen molar-refractivity contribution in [2.45, 2.75) is 57.9 Å². The first-order valence-electron chi connectivity index (χ1n) is 9.71. The van der Waals surface area contributed by atoms with Crippen LogP contribution in [0.1, 0.15) is 61.5 Å². The standard InChI is InChI=1S/C22H30N2O4S/c1-7-16(5)23-22(25)17-10-8-9-11-19(17)24-29(26,27)21-13-18(14(2)3)20(28-6)12-15(21)4/h8-14,16,24H,7H2,1-6H3,(H,23,25)/t16-/m0/s1. The third-order valence-electron chi connectivity index (χ3n) is 4.84. The van der Waals surface area contributed by atoms with E-state index in [0.29, 0.717) is 11.3 Å². The second kappa shape index (κ2) is 9.31. The van der Waals surface area contributed by atoms with Crippen LogP contribution in [0.5, 0.6) is 5.75 Å². The van der Waals surface area contributed by atoms with Crippen molar-refractivity contribution < 1.29 is 17.9 Å². The summed E-state index contributed by atoms with van der Waals surface area (Å²) < 4.78 is 34.3. The van der Waals surface area contributed by atoms with Gasteiger partial charge >= 0.3 is 0 Å². The molecule has 0 aliphatic rings. The molecule has 0 aliphatic carbocycles. The van der Waals surface area contributed by atoms with E-state index in [2.05, 4.69) is 10.0 Å². The minimum absolute atomic E-state index is 0.00963. The van der Waals surface area contributed by atoms with Crippen LogP contribution in [0.15, 0.2) is 41.3 Å². The highest BCUT2D eigenvalue weighted by molar-refractivity contribution is 7.92. The summed E-state index contributed by atoms with van der Waals surface area (Å²) in [4.78, 5) is 12.8. The molecule has 0 saturated heterocycles. The predicted molar refractivity (Wildman–Crippen MR) is 116 cm³/mol. The van der Waals surface area contributed by atoms with E-state index in [1.165, 1.54) is 0 Å². The summed E-state index contributed by atoms with van der Waals surface area (Å²) in [5.74, 6) is 0.435. The highest BCUT2D eigenvalue weighted by Crippen LogP contribution is 2.32. The first-order chi connectivity index (χ1) is 13.6. The maximum atomic E-state index is 13.2. The van der Waals surface area contributed by atoms with Gasteiger partial charge in [-0.05, 0) is 61.6 Å². The van der Waals surface area contributed by atoms with Crippen molar-refractivity contribution in [3.05, 3.63) is 53.1 Å². The van der Waals surface area contributed by atoms with Crippen molar-refractivity contribution in [2.24, 2.45) is 0 Å². The summed E-state index contributed by atoms with van der Waals surface area (Å²) in [5.41, 5.74) is 1.91. The Bertz CT molecular complexity index is 984. The van der Waals surface area contributed by atoms with Gasteiger partial charge in [-0.3, -0.25) is 9.52 Å². The maximum Gasteiger partial charge on any atom is 0.262 e. The van der Waals surface area contributed by atoms with Crippen LogP contribution in [0.25, 0.3) is 0 Å². The van der Waals surface area contributed by atoms with Gasteiger partial charge in [0.05, 0.1) is 23.3 Å². The molecule has 2 aromatic carbocycles. The molecule has 6 nitrogen and oxygen atoms in total. The van der Waals surface area contributed by atoms with Gasteiger partial charge in [-0.2, -0.15) is 0 Å². The molecule has 2 rings (SSSR count). The quantitative estimate of drug-likeness (QED) is 0.663. The molecule has 1 amide bonds. The Hall–Kier alpha value is -2.54. The van der Waals surface area contributed by atoms with Crippen LogP contribution >= 0.6 is 0 Å². The number of carbonyl (C=O) groups is 1. The molecule has 0 fully saturated rings. The number of benzene rings is 2. The molecule has 0 heterocycles. The molecule has 0 aromatic heterocycles. The van der Waals surface area contributed by atoms with Gasteiger partial charge in [0, 0.05) is 6.04 Å². The van der Waals surface area contributed by atoms with E-state index >= 15 is 0 Å². The smallest absolute Gasteiger partial charge is 0.262 e. The third-order valence-corrected chi connectivity index (χ3v) is 6.35. The van der Waals surface area contributed by atoms with Crippen molar-refractivity contribution in [1.29, 1.82) is 0 Å². The van der Waals surface area contributed by atoms with Gasteiger partial charge in [-0.1, -0.05) is 32.9 Å². The van der Waals surface area contributed by atoms with Gasteiger partial charge in [0.2, 0.25) is 0 Å². The summed E-state index contributed by atoms with van der Waals surface area (Å²) in [5, 5.41) is 2.87. The molecule has 2 N–H and O–H groups in total. The molecule has 29 heavy (non-hydrogen) atoms. The fourth-order valence-corrected chi connectivity index (χ4v) is 4.31. The van der Waals surface area contributed by atoms with E-state index in [1.54, 1.807) is 50.4 Å². The number of hydrogen-bond donors (Lipinski definition) is 2. The molecular formula is C22H30N2O4S. The molecular weight excluding hydrogens is 388 g/mol. The molecule has 2 aromatic rings. The second-order valence-electron chi connectivity index (χ2n) is 7.45. The number of methoxy groups -OCH3 is 1. The number of para-hydroxylation sites is 1. The van der Waals surface area contributed by atoms with Crippen molar-refractivity contribution in [3.8, 4) is 5.75 Å². The van der Waals surface area contributed by atoms with Gasteiger partial charge in [-0.15, -0.1) is 0 Å². The molecule has 0 radical (unpaired) electrons. The van der Waals surface area contributed by atoms with Gasteiger partial charge in [0.15, 0.2) is 0 Å². The summed E-state index contributed by atoms with van der Waals surface area (Å²) in [7, 11) is -2.33. The number of sulfonamides is 1. The molecule has 0 bridgehead atoms. The zero-order valence-electron chi connectivity index (χ0n) is 17.9. The molecule has 7 heteroatoms. The largest absolute Gasteiger partial charge is 0.496 e. The molecule has 0 unspecified atom stereocenters.